The van der Waals surface area contributed by atoms with Crippen LogP contribution in [-0.4, -0.2) is 5.78 Å². The van der Waals surface area contributed by atoms with E-state index in [4.69, 9.17) is 0 Å². The van der Waals surface area contributed by atoms with Crippen molar-refractivity contribution in [3.63, 3.8) is 0 Å². The van der Waals surface area contributed by atoms with E-state index in [9.17, 15) is 4.79 Å². The Labute approximate surface area is 157 Å². The number of rotatable bonds is 2. The van der Waals surface area contributed by atoms with Gasteiger partial charge in [-0.15, -0.1) is 0 Å². The highest BCUT2D eigenvalue weighted by Gasteiger charge is 2.30. The number of benzene rings is 3. The SMILES string of the molecule is O=C1C(c2ccc(Br)cc2)=C(c2ccc(Br)cc2)c2ccccc21. The lowest BCUT2D eigenvalue weighted by Gasteiger charge is -2.09. The van der Waals surface area contributed by atoms with Gasteiger partial charge in [0, 0.05) is 25.7 Å². The van der Waals surface area contributed by atoms with Crippen LogP contribution >= 0.6 is 31.9 Å². The third-order valence-corrected chi connectivity index (χ3v) is 5.24. The molecular weight excluding hydrogens is 428 g/mol. The summed E-state index contributed by atoms with van der Waals surface area (Å²) in [6.45, 7) is 0. The second-order valence-corrected chi connectivity index (χ2v) is 7.47. The second-order valence-electron chi connectivity index (χ2n) is 5.64. The standard InChI is InChI=1S/C21H12Br2O/c22-15-9-5-13(6-10-15)19-17-3-1-2-4-18(17)21(24)20(19)14-7-11-16(23)12-8-14/h1-12H. The summed E-state index contributed by atoms with van der Waals surface area (Å²) in [5, 5.41) is 0. The Morgan fingerprint density at radius 1 is 0.542 bits per heavy atom. The molecule has 0 heterocycles. The number of allylic oxidation sites excluding steroid dienone is 1. The van der Waals surface area contributed by atoms with Crippen molar-refractivity contribution >= 4 is 48.8 Å². The Kier molecular flexibility index (Phi) is 3.99. The Bertz CT molecular complexity index is 967. The van der Waals surface area contributed by atoms with E-state index in [1.807, 2.05) is 72.8 Å². The molecule has 116 valence electrons. The van der Waals surface area contributed by atoms with E-state index in [0.717, 1.165) is 42.3 Å². The number of ketones is 1. The molecule has 3 heteroatoms. The fourth-order valence-corrected chi connectivity index (χ4v) is 3.62. The fraction of sp³-hybridized carbons (Fsp3) is 0. The highest BCUT2D eigenvalue weighted by molar-refractivity contribution is 9.10. The molecule has 0 N–H and O–H groups in total. The zero-order valence-electron chi connectivity index (χ0n) is 12.6. The Balaban J connectivity index is 2.01. The van der Waals surface area contributed by atoms with E-state index in [-0.39, 0.29) is 5.78 Å². The highest BCUT2D eigenvalue weighted by atomic mass is 79.9. The van der Waals surface area contributed by atoms with Crippen LogP contribution in [0.5, 0.6) is 0 Å². The van der Waals surface area contributed by atoms with Crippen molar-refractivity contribution in [2.45, 2.75) is 0 Å². The van der Waals surface area contributed by atoms with Crippen molar-refractivity contribution in [1.82, 2.24) is 0 Å². The summed E-state index contributed by atoms with van der Waals surface area (Å²) in [5.41, 5.74) is 5.54. The molecule has 0 aliphatic heterocycles. The average molecular weight is 440 g/mol. The van der Waals surface area contributed by atoms with Gasteiger partial charge < -0.3 is 0 Å². The molecule has 0 radical (unpaired) electrons. The minimum absolute atomic E-state index is 0.0887. The minimum Gasteiger partial charge on any atom is -0.289 e. The maximum Gasteiger partial charge on any atom is 0.194 e. The van der Waals surface area contributed by atoms with Crippen molar-refractivity contribution in [3.8, 4) is 0 Å². The maximum atomic E-state index is 13.1. The predicted molar refractivity (Wildman–Crippen MR) is 105 cm³/mol. The van der Waals surface area contributed by atoms with Crippen molar-refractivity contribution in [3.05, 3.63) is 104 Å². The first-order valence-electron chi connectivity index (χ1n) is 7.55. The van der Waals surface area contributed by atoms with Gasteiger partial charge in [0.25, 0.3) is 0 Å². The first-order chi connectivity index (χ1) is 11.6. The van der Waals surface area contributed by atoms with E-state index in [0.29, 0.717) is 0 Å². The molecule has 24 heavy (non-hydrogen) atoms. The van der Waals surface area contributed by atoms with Crippen molar-refractivity contribution in [2.75, 3.05) is 0 Å². The number of hydrogen-bond donors (Lipinski definition) is 0. The first kappa shape index (κ1) is 15.6. The third-order valence-electron chi connectivity index (χ3n) is 4.18. The lowest BCUT2D eigenvalue weighted by Crippen LogP contribution is -1.98. The van der Waals surface area contributed by atoms with Gasteiger partial charge in [0.05, 0.1) is 0 Å². The molecule has 0 aromatic heterocycles. The fourth-order valence-electron chi connectivity index (χ4n) is 3.09. The molecule has 4 rings (SSSR count). The molecule has 0 atom stereocenters. The Morgan fingerprint density at radius 2 is 1.00 bits per heavy atom. The second kappa shape index (κ2) is 6.15. The molecule has 0 fully saturated rings. The molecule has 3 aromatic rings. The van der Waals surface area contributed by atoms with Crippen LogP contribution in [-0.2, 0) is 0 Å². The topological polar surface area (TPSA) is 17.1 Å². The average Bonchev–Trinajstić information content (AvgIpc) is 2.90. The van der Waals surface area contributed by atoms with Crippen LogP contribution in [0.15, 0.2) is 81.7 Å². The maximum absolute atomic E-state index is 13.1. The van der Waals surface area contributed by atoms with Crippen LogP contribution in [0.3, 0.4) is 0 Å². The molecule has 1 aliphatic rings. The smallest absolute Gasteiger partial charge is 0.194 e. The lowest BCUT2D eigenvalue weighted by atomic mass is 9.94. The van der Waals surface area contributed by atoms with Gasteiger partial charge in [0.1, 0.15) is 0 Å². The lowest BCUT2D eigenvalue weighted by molar-refractivity contribution is 0.105. The number of hydrogen-bond acceptors (Lipinski definition) is 1. The quantitative estimate of drug-likeness (QED) is 0.453. The number of fused-ring (bicyclic) bond motifs is 1. The van der Waals surface area contributed by atoms with Crippen molar-refractivity contribution in [2.24, 2.45) is 0 Å². The highest BCUT2D eigenvalue weighted by Crippen LogP contribution is 2.42. The summed E-state index contributed by atoms with van der Waals surface area (Å²) in [5.74, 6) is 0.0887. The first-order valence-corrected chi connectivity index (χ1v) is 9.14. The molecular formula is C21H12Br2O. The van der Waals surface area contributed by atoms with Crippen LogP contribution in [0, 0.1) is 0 Å². The Hall–Kier alpha value is -1.97. The normalized spacial score (nSPS) is 13.3. The van der Waals surface area contributed by atoms with Crippen LogP contribution < -0.4 is 0 Å². The van der Waals surface area contributed by atoms with E-state index in [2.05, 4.69) is 31.9 Å². The third kappa shape index (κ3) is 2.58. The van der Waals surface area contributed by atoms with Gasteiger partial charge in [-0.1, -0.05) is 80.4 Å². The van der Waals surface area contributed by atoms with Gasteiger partial charge >= 0.3 is 0 Å². The van der Waals surface area contributed by atoms with Crippen LogP contribution in [0.25, 0.3) is 11.1 Å². The zero-order valence-corrected chi connectivity index (χ0v) is 15.8. The van der Waals surface area contributed by atoms with Gasteiger partial charge in [-0.05, 0) is 41.0 Å². The minimum atomic E-state index is 0.0887. The van der Waals surface area contributed by atoms with E-state index >= 15 is 0 Å². The summed E-state index contributed by atoms with van der Waals surface area (Å²) >= 11 is 6.94. The monoisotopic (exact) mass is 438 g/mol. The molecule has 0 saturated carbocycles. The Morgan fingerprint density at radius 3 is 1.54 bits per heavy atom. The number of carbonyl (C=O) groups is 1. The van der Waals surface area contributed by atoms with E-state index in [1.54, 1.807) is 0 Å². The van der Waals surface area contributed by atoms with Crippen LogP contribution in [0.2, 0.25) is 0 Å². The van der Waals surface area contributed by atoms with Gasteiger partial charge in [-0.25, -0.2) is 0 Å². The summed E-state index contributed by atoms with van der Waals surface area (Å²) in [7, 11) is 0. The molecule has 0 spiro atoms. The van der Waals surface area contributed by atoms with E-state index < -0.39 is 0 Å². The van der Waals surface area contributed by atoms with E-state index in [1.165, 1.54) is 0 Å². The van der Waals surface area contributed by atoms with Crippen LogP contribution in [0.1, 0.15) is 27.0 Å². The number of halogens is 2. The summed E-state index contributed by atoms with van der Waals surface area (Å²) in [4.78, 5) is 13.1. The summed E-state index contributed by atoms with van der Waals surface area (Å²) in [6.07, 6.45) is 0. The predicted octanol–water partition coefficient (Wildman–Crippen LogP) is 6.37. The number of Topliss-reactive ketones (excluding diaryl/α,β-unsaturated/α-hetero) is 1. The van der Waals surface area contributed by atoms with Crippen LogP contribution in [0.4, 0.5) is 0 Å². The van der Waals surface area contributed by atoms with Crippen molar-refractivity contribution in [1.29, 1.82) is 0 Å². The molecule has 3 aromatic carbocycles. The largest absolute Gasteiger partial charge is 0.289 e. The van der Waals surface area contributed by atoms with Gasteiger partial charge in [0.15, 0.2) is 5.78 Å². The van der Waals surface area contributed by atoms with Gasteiger partial charge in [0.2, 0.25) is 0 Å². The number of carbonyl (C=O) groups excluding carboxylic acids is 1. The van der Waals surface area contributed by atoms with Gasteiger partial charge in [-0.2, -0.15) is 0 Å². The van der Waals surface area contributed by atoms with Crippen molar-refractivity contribution < 1.29 is 4.79 Å². The molecule has 0 bridgehead atoms. The summed E-state index contributed by atoms with van der Waals surface area (Å²) in [6, 6.07) is 23.9. The molecule has 0 unspecified atom stereocenters. The molecule has 0 saturated heterocycles. The molecule has 1 nitrogen and oxygen atoms in total. The molecule has 0 amide bonds. The zero-order chi connectivity index (χ0) is 16.7. The summed E-state index contributed by atoms with van der Waals surface area (Å²) < 4.78 is 2.02. The van der Waals surface area contributed by atoms with Gasteiger partial charge in [-0.3, -0.25) is 4.79 Å². The molecule has 1 aliphatic carbocycles.